The molecule has 0 fully saturated rings. The summed E-state index contributed by atoms with van der Waals surface area (Å²) in [5.41, 5.74) is 0. The number of rotatable bonds is 5. The van der Waals surface area contributed by atoms with Gasteiger partial charge in [-0.1, -0.05) is 6.07 Å². The largest absolute Gasteiger partial charge is 0.468 e. The van der Waals surface area contributed by atoms with E-state index in [2.05, 4.69) is 29.8 Å². The van der Waals surface area contributed by atoms with Crippen LogP contribution in [0, 0.1) is 0 Å². The Bertz CT molecular complexity index is 366. The van der Waals surface area contributed by atoms with Gasteiger partial charge in [0, 0.05) is 11.4 Å². The van der Waals surface area contributed by atoms with Crippen molar-refractivity contribution < 1.29 is 4.42 Å². The van der Waals surface area contributed by atoms with Crippen molar-refractivity contribution in [2.45, 2.75) is 19.4 Å². The van der Waals surface area contributed by atoms with E-state index in [0.29, 0.717) is 6.04 Å². The maximum atomic E-state index is 5.32. The molecule has 0 bridgehead atoms. The van der Waals surface area contributed by atoms with Crippen LogP contribution >= 0.6 is 11.3 Å². The fourth-order valence-corrected chi connectivity index (χ4v) is 2.21. The third kappa shape index (κ3) is 2.94. The van der Waals surface area contributed by atoms with Gasteiger partial charge < -0.3 is 9.73 Å². The first-order valence-electron chi connectivity index (χ1n) is 5.15. The molecule has 0 radical (unpaired) electrons. The molecule has 2 heterocycles. The van der Waals surface area contributed by atoms with Gasteiger partial charge in [0.1, 0.15) is 5.76 Å². The molecule has 0 saturated heterocycles. The maximum absolute atomic E-state index is 5.32. The molecule has 0 amide bonds. The van der Waals surface area contributed by atoms with E-state index in [9.17, 15) is 0 Å². The molecule has 2 nitrogen and oxygen atoms in total. The van der Waals surface area contributed by atoms with Crippen LogP contribution in [0.1, 0.15) is 23.6 Å². The molecule has 15 heavy (non-hydrogen) atoms. The smallest absolute Gasteiger partial charge is 0.120 e. The van der Waals surface area contributed by atoms with Gasteiger partial charge in [0.15, 0.2) is 0 Å². The van der Waals surface area contributed by atoms with Crippen molar-refractivity contribution in [3.8, 4) is 0 Å². The highest BCUT2D eigenvalue weighted by molar-refractivity contribution is 7.09. The summed E-state index contributed by atoms with van der Waals surface area (Å²) < 4.78 is 5.32. The third-order valence-corrected chi connectivity index (χ3v) is 3.31. The Hall–Kier alpha value is -1.06. The van der Waals surface area contributed by atoms with Crippen LogP contribution in [0.3, 0.4) is 0 Å². The summed E-state index contributed by atoms with van der Waals surface area (Å²) in [7, 11) is 0. The zero-order chi connectivity index (χ0) is 10.5. The SMILES string of the molecule is C[C@H](NCCc1cccs1)c1ccco1. The standard InChI is InChI=1S/C12H15NOS/c1-10(12-5-2-8-14-12)13-7-6-11-4-3-9-15-11/h2-5,8-10,13H,6-7H2,1H3/t10-/m0/s1. The van der Waals surface area contributed by atoms with Crippen molar-refractivity contribution >= 4 is 11.3 Å². The highest BCUT2D eigenvalue weighted by Crippen LogP contribution is 2.13. The number of furan rings is 1. The zero-order valence-electron chi connectivity index (χ0n) is 8.77. The molecule has 0 aliphatic carbocycles. The van der Waals surface area contributed by atoms with Crippen molar-refractivity contribution in [2.75, 3.05) is 6.54 Å². The van der Waals surface area contributed by atoms with E-state index < -0.39 is 0 Å². The van der Waals surface area contributed by atoms with Gasteiger partial charge in [-0.2, -0.15) is 0 Å². The average molecular weight is 221 g/mol. The molecule has 0 aliphatic heterocycles. The maximum Gasteiger partial charge on any atom is 0.120 e. The van der Waals surface area contributed by atoms with Gasteiger partial charge in [-0.05, 0) is 36.9 Å². The molecular formula is C12H15NOS. The molecule has 3 heteroatoms. The highest BCUT2D eigenvalue weighted by atomic mass is 32.1. The number of nitrogens with one attached hydrogen (secondary N) is 1. The lowest BCUT2D eigenvalue weighted by Gasteiger charge is -2.10. The molecular weight excluding hydrogens is 206 g/mol. The Balaban J connectivity index is 1.74. The topological polar surface area (TPSA) is 25.2 Å². The van der Waals surface area contributed by atoms with Crippen LogP contribution in [-0.2, 0) is 6.42 Å². The molecule has 2 rings (SSSR count). The Kier molecular flexibility index (Phi) is 3.59. The Morgan fingerprint density at radius 3 is 3.00 bits per heavy atom. The van der Waals surface area contributed by atoms with Crippen molar-refractivity contribution in [1.82, 2.24) is 5.32 Å². The molecule has 0 aromatic carbocycles. The van der Waals surface area contributed by atoms with Gasteiger partial charge in [0.2, 0.25) is 0 Å². The van der Waals surface area contributed by atoms with Gasteiger partial charge >= 0.3 is 0 Å². The fourth-order valence-electron chi connectivity index (χ4n) is 1.50. The van der Waals surface area contributed by atoms with E-state index in [4.69, 9.17) is 4.42 Å². The van der Waals surface area contributed by atoms with Crippen LogP contribution in [0.5, 0.6) is 0 Å². The molecule has 0 aliphatic rings. The second-order valence-electron chi connectivity index (χ2n) is 3.52. The molecule has 0 spiro atoms. The number of hydrogen-bond donors (Lipinski definition) is 1. The van der Waals surface area contributed by atoms with Gasteiger partial charge in [0.05, 0.1) is 12.3 Å². The van der Waals surface area contributed by atoms with E-state index in [-0.39, 0.29) is 0 Å². The van der Waals surface area contributed by atoms with Gasteiger partial charge in [-0.25, -0.2) is 0 Å². The fraction of sp³-hybridized carbons (Fsp3) is 0.333. The first-order chi connectivity index (χ1) is 7.36. The summed E-state index contributed by atoms with van der Waals surface area (Å²) in [5, 5.41) is 5.55. The quantitative estimate of drug-likeness (QED) is 0.838. The molecule has 2 aromatic heterocycles. The summed E-state index contributed by atoms with van der Waals surface area (Å²) in [4.78, 5) is 1.43. The van der Waals surface area contributed by atoms with Crippen LogP contribution in [0.25, 0.3) is 0 Å². The van der Waals surface area contributed by atoms with Crippen LogP contribution < -0.4 is 5.32 Å². The molecule has 1 atom stereocenters. The van der Waals surface area contributed by atoms with Crippen LogP contribution in [0.4, 0.5) is 0 Å². The second kappa shape index (κ2) is 5.14. The average Bonchev–Trinajstić information content (AvgIpc) is 2.90. The monoisotopic (exact) mass is 221 g/mol. The summed E-state index contributed by atoms with van der Waals surface area (Å²) in [5.74, 6) is 1.00. The first-order valence-corrected chi connectivity index (χ1v) is 6.03. The second-order valence-corrected chi connectivity index (χ2v) is 4.55. The molecule has 2 aromatic rings. The summed E-state index contributed by atoms with van der Waals surface area (Å²) in [6, 6.07) is 8.48. The van der Waals surface area contributed by atoms with E-state index in [1.54, 1.807) is 6.26 Å². The molecule has 80 valence electrons. The van der Waals surface area contributed by atoms with Crippen molar-refractivity contribution in [2.24, 2.45) is 0 Å². The summed E-state index contributed by atoms with van der Waals surface area (Å²) in [6.07, 6.45) is 2.80. The Morgan fingerprint density at radius 1 is 1.40 bits per heavy atom. The van der Waals surface area contributed by atoms with Gasteiger partial charge in [-0.15, -0.1) is 11.3 Å². The number of hydrogen-bond acceptors (Lipinski definition) is 3. The van der Waals surface area contributed by atoms with Crippen molar-refractivity contribution in [3.63, 3.8) is 0 Å². The normalized spacial score (nSPS) is 12.9. The van der Waals surface area contributed by atoms with E-state index in [1.807, 2.05) is 23.5 Å². The minimum Gasteiger partial charge on any atom is -0.468 e. The summed E-state index contributed by atoms with van der Waals surface area (Å²) in [6.45, 7) is 3.11. The number of thiophene rings is 1. The van der Waals surface area contributed by atoms with Crippen LogP contribution in [0.15, 0.2) is 40.3 Å². The minimum atomic E-state index is 0.292. The van der Waals surface area contributed by atoms with Gasteiger partial charge in [-0.3, -0.25) is 0 Å². The van der Waals surface area contributed by atoms with Gasteiger partial charge in [0.25, 0.3) is 0 Å². The van der Waals surface area contributed by atoms with E-state index in [0.717, 1.165) is 18.7 Å². The predicted molar refractivity (Wildman–Crippen MR) is 63.1 cm³/mol. The predicted octanol–water partition coefficient (Wildman–Crippen LogP) is 3.23. The van der Waals surface area contributed by atoms with Crippen molar-refractivity contribution in [3.05, 3.63) is 46.5 Å². The summed E-state index contributed by atoms with van der Waals surface area (Å²) >= 11 is 1.81. The van der Waals surface area contributed by atoms with E-state index in [1.165, 1.54) is 4.88 Å². The minimum absolute atomic E-state index is 0.292. The van der Waals surface area contributed by atoms with Crippen LogP contribution in [0.2, 0.25) is 0 Å². The Morgan fingerprint density at radius 2 is 2.33 bits per heavy atom. The third-order valence-electron chi connectivity index (χ3n) is 2.37. The molecule has 0 saturated carbocycles. The van der Waals surface area contributed by atoms with E-state index >= 15 is 0 Å². The Labute approximate surface area is 93.9 Å². The molecule has 1 N–H and O–H groups in total. The zero-order valence-corrected chi connectivity index (χ0v) is 9.59. The highest BCUT2D eigenvalue weighted by Gasteiger charge is 2.06. The lowest BCUT2D eigenvalue weighted by Crippen LogP contribution is -2.20. The molecule has 0 unspecified atom stereocenters. The lowest BCUT2D eigenvalue weighted by atomic mass is 10.2. The first kappa shape index (κ1) is 10.5. The van der Waals surface area contributed by atoms with Crippen molar-refractivity contribution in [1.29, 1.82) is 0 Å². The lowest BCUT2D eigenvalue weighted by molar-refractivity contribution is 0.433. The van der Waals surface area contributed by atoms with Crippen LogP contribution in [-0.4, -0.2) is 6.54 Å².